The first kappa shape index (κ1) is 22.5. The number of benzene rings is 2. The van der Waals surface area contributed by atoms with E-state index in [1.54, 1.807) is 42.3 Å². The maximum Gasteiger partial charge on any atom is 0.290 e. The SMILES string of the molecule is COc1ccc(CN2C[C@H](OCc3ccccc3F)CN(C(=O)c3ccco3)CC2=O)cc1. The molecule has 0 aliphatic carbocycles. The van der Waals surface area contributed by atoms with Crippen LogP contribution >= 0.6 is 0 Å². The van der Waals surface area contributed by atoms with E-state index in [4.69, 9.17) is 13.9 Å². The molecule has 3 aromatic rings. The molecule has 4 rings (SSSR count). The van der Waals surface area contributed by atoms with E-state index in [9.17, 15) is 14.0 Å². The molecule has 2 aromatic carbocycles. The van der Waals surface area contributed by atoms with Gasteiger partial charge in [0, 0.05) is 25.2 Å². The molecule has 8 heteroatoms. The van der Waals surface area contributed by atoms with Crippen molar-refractivity contribution in [2.75, 3.05) is 26.7 Å². The Labute approximate surface area is 191 Å². The van der Waals surface area contributed by atoms with Gasteiger partial charge in [0.15, 0.2) is 5.76 Å². The first-order valence-corrected chi connectivity index (χ1v) is 10.6. The van der Waals surface area contributed by atoms with Crippen LogP contribution in [-0.2, 0) is 22.7 Å². The van der Waals surface area contributed by atoms with Crippen LogP contribution in [0.25, 0.3) is 0 Å². The fourth-order valence-corrected chi connectivity index (χ4v) is 3.72. The van der Waals surface area contributed by atoms with Crippen LogP contribution in [0.5, 0.6) is 5.75 Å². The molecule has 0 saturated carbocycles. The monoisotopic (exact) mass is 452 g/mol. The summed E-state index contributed by atoms with van der Waals surface area (Å²) in [6, 6.07) is 17.0. The molecule has 0 bridgehead atoms. The third kappa shape index (κ3) is 5.59. The topological polar surface area (TPSA) is 72.2 Å². The Morgan fingerprint density at radius 1 is 1.09 bits per heavy atom. The van der Waals surface area contributed by atoms with Crippen molar-refractivity contribution < 1.29 is 27.9 Å². The van der Waals surface area contributed by atoms with Crippen molar-refractivity contribution in [1.82, 2.24) is 9.80 Å². The van der Waals surface area contributed by atoms with Crippen molar-refractivity contribution in [1.29, 1.82) is 0 Å². The van der Waals surface area contributed by atoms with Crippen molar-refractivity contribution in [3.05, 3.63) is 89.6 Å². The summed E-state index contributed by atoms with van der Waals surface area (Å²) in [5.74, 6) is -0.0795. The first-order chi connectivity index (χ1) is 16.0. The number of carbonyl (C=O) groups excluding carboxylic acids is 2. The van der Waals surface area contributed by atoms with Crippen molar-refractivity contribution in [3.63, 3.8) is 0 Å². The van der Waals surface area contributed by atoms with E-state index >= 15 is 0 Å². The van der Waals surface area contributed by atoms with E-state index in [-0.39, 0.29) is 49.6 Å². The number of ether oxygens (including phenoxy) is 2. The average molecular weight is 452 g/mol. The van der Waals surface area contributed by atoms with Crippen LogP contribution in [0.3, 0.4) is 0 Å². The molecule has 1 aliphatic heterocycles. The Bertz CT molecular complexity index is 1080. The summed E-state index contributed by atoms with van der Waals surface area (Å²) in [6.45, 7) is 0.727. The smallest absolute Gasteiger partial charge is 0.290 e. The van der Waals surface area contributed by atoms with Gasteiger partial charge in [0.05, 0.1) is 26.1 Å². The van der Waals surface area contributed by atoms with E-state index in [0.717, 1.165) is 11.3 Å². The Morgan fingerprint density at radius 3 is 2.58 bits per heavy atom. The summed E-state index contributed by atoms with van der Waals surface area (Å²) in [5.41, 5.74) is 1.33. The fraction of sp³-hybridized carbons (Fsp3) is 0.280. The van der Waals surface area contributed by atoms with E-state index in [2.05, 4.69) is 0 Å². The highest BCUT2D eigenvalue weighted by atomic mass is 19.1. The fourth-order valence-electron chi connectivity index (χ4n) is 3.72. The molecule has 2 heterocycles. The summed E-state index contributed by atoms with van der Waals surface area (Å²) in [7, 11) is 1.59. The number of hydrogen-bond acceptors (Lipinski definition) is 5. The third-order valence-electron chi connectivity index (χ3n) is 5.51. The molecule has 172 valence electrons. The number of halogens is 1. The Morgan fingerprint density at radius 2 is 1.88 bits per heavy atom. The number of rotatable bonds is 7. The average Bonchev–Trinajstić information content (AvgIpc) is 3.32. The second kappa shape index (κ2) is 10.3. The molecule has 0 spiro atoms. The number of amides is 2. The van der Waals surface area contributed by atoms with Crippen LogP contribution in [0, 0.1) is 5.82 Å². The van der Waals surface area contributed by atoms with Gasteiger partial charge in [0.1, 0.15) is 18.1 Å². The van der Waals surface area contributed by atoms with E-state index in [0.29, 0.717) is 12.1 Å². The van der Waals surface area contributed by atoms with Gasteiger partial charge in [-0.3, -0.25) is 9.59 Å². The summed E-state index contributed by atoms with van der Waals surface area (Å²) in [4.78, 5) is 29.0. The van der Waals surface area contributed by atoms with Crippen LogP contribution in [0.2, 0.25) is 0 Å². The van der Waals surface area contributed by atoms with Crippen molar-refractivity contribution in [2.45, 2.75) is 19.3 Å². The molecule has 1 saturated heterocycles. The minimum absolute atomic E-state index is 0.0324. The minimum Gasteiger partial charge on any atom is -0.497 e. The number of nitrogens with zero attached hydrogens (tertiary/aromatic N) is 2. The Balaban J connectivity index is 1.52. The van der Waals surface area contributed by atoms with Gasteiger partial charge in [-0.2, -0.15) is 0 Å². The number of furan rings is 1. The summed E-state index contributed by atoms with van der Waals surface area (Å²) in [6.07, 6.45) is 0.905. The van der Waals surface area contributed by atoms with Gasteiger partial charge >= 0.3 is 0 Å². The second-order valence-electron chi connectivity index (χ2n) is 7.81. The summed E-state index contributed by atoms with van der Waals surface area (Å²) < 4.78 is 30.5. The lowest BCUT2D eigenvalue weighted by atomic mass is 10.2. The van der Waals surface area contributed by atoms with Gasteiger partial charge in [-0.25, -0.2) is 4.39 Å². The zero-order chi connectivity index (χ0) is 23.2. The Hall–Kier alpha value is -3.65. The maximum atomic E-state index is 14.1. The van der Waals surface area contributed by atoms with E-state index in [1.165, 1.54) is 17.2 Å². The summed E-state index contributed by atoms with van der Waals surface area (Å²) >= 11 is 0. The zero-order valence-corrected chi connectivity index (χ0v) is 18.3. The molecule has 0 N–H and O–H groups in total. The second-order valence-corrected chi connectivity index (χ2v) is 7.81. The quantitative estimate of drug-likeness (QED) is 0.549. The van der Waals surface area contributed by atoms with Gasteiger partial charge in [-0.05, 0) is 35.9 Å². The predicted molar refractivity (Wildman–Crippen MR) is 118 cm³/mol. The van der Waals surface area contributed by atoms with E-state index < -0.39 is 6.10 Å². The van der Waals surface area contributed by atoms with Gasteiger partial charge in [-0.1, -0.05) is 30.3 Å². The van der Waals surface area contributed by atoms with Crippen molar-refractivity contribution in [3.8, 4) is 5.75 Å². The minimum atomic E-state index is -0.506. The zero-order valence-electron chi connectivity index (χ0n) is 18.3. The molecule has 1 aliphatic rings. The van der Waals surface area contributed by atoms with Crippen LogP contribution < -0.4 is 4.74 Å². The molecular weight excluding hydrogens is 427 g/mol. The molecule has 0 radical (unpaired) electrons. The molecule has 33 heavy (non-hydrogen) atoms. The van der Waals surface area contributed by atoms with Crippen LogP contribution in [-0.4, -0.2) is 54.5 Å². The van der Waals surface area contributed by atoms with Gasteiger partial charge in [0.2, 0.25) is 5.91 Å². The molecule has 1 fully saturated rings. The highest BCUT2D eigenvalue weighted by Gasteiger charge is 2.32. The molecule has 7 nitrogen and oxygen atoms in total. The highest BCUT2D eigenvalue weighted by molar-refractivity contribution is 5.94. The first-order valence-electron chi connectivity index (χ1n) is 10.6. The molecule has 0 unspecified atom stereocenters. The third-order valence-corrected chi connectivity index (χ3v) is 5.51. The standard InChI is InChI=1S/C25H25FN2O5/c1-31-20-10-8-18(9-11-20)13-27-14-21(33-17-19-5-2-3-6-22(19)26)15-28(16-24(27)29)25(30)23-7-4-12-32-23/h2-12,21H,13-17H2,1H3/t21-/m0/s1. The molecule has 1 atom stereocenters. The normalized spacial score (nSPS) is 16.5. The lowest BCUT2D eigenvalue weighted by Crippen LogP contribution is -2.39. The van der Waals surface area contributed by atoms with Crippen molar-refractivity contribution >= 4 is 11.8 Å². The highest BCUT2D eigenvalue weighted by Crippen LogP contribution is 2.18. The van der Waals surface area contributed by atoms with Gasteiger partial charge in [-0.15, -0.1) is 0 Å². The number of carbonyl (C=O) groups is 2. The molecule has 1 aromatic heterocycles. The number of methoxy groups -OCH3 is 1. The molecule has 2 amide bonds. The van der Waals surface area contributed by atoms with Crippen LogP contribution in [0.15, 0.2) is 71.3 Å². The largest absolute Gasteiger partial charge is 0.497 e. The van der Waals surface area contributed by atoms with Crippen LogP contribution in [0.1, 0.15) is 21.7 Å². The Kier molecular flexibility index (Phi) is 7.04. The predicted octanol–water partition coefficient (Wildman–Crippen LogP) is 3.50. The lowest BCUT2D eigenvalue weighted by Gasteiger charge is -2.25. The lowest BCUT2D eigenvalue weighted by molar-refractivity contribution is -0.132. The molecular formula is C25H25FN2O5. The maximum absolute atomic E-state index is 14.1. The summed E-state index contributed by atoms with van der Waals surface area (Å²) in [5, 5.41) is 0. The number of hydrogen-bond donors (Lipinski definition) is 0. The van der Waals surface area contributed by atoms with Gasteiger partial charge in [0.25, 0.3) is 5.91 Å². The van der Waals surface area contributed by atoms with Crippen molar-refractivity contribution in [2.24, 2.45) is 0 Å². The van der Waals surface area contributed by atoms with Crippen LogP contribution in [0.4, 0.5) is 4.39 Å². The van der Waals surface area contributed by atoms with Gasteiger partial charge < -0.3 is 23.7 Å². The van der Waals surface area contributed by atoms with E-state index in [1.807, 2.05) is 24.3 Å².